The van der Waals surface area contributed by atoms with Gasteiger partial charge in [0.05, 0.1) is 23.5 Å². The summed E-state index contributed by atoms with van der Waals surface area (Å²) in [4.78, 5) is 2.36. The number of fused-ring (bicyclic) bond motifs is 4. The SMILES string of the molecule is CC1(C)c2cc(Br)ccc2N(c2ccccc2)c2ccc(Br)cc21.CC1(C)c2cc(Br)ccc2Nc2ccc(Br)cc21.IC1=CC=[C+]C=C1. The smallest absolute Gasteiger partial charge is 0.122 e. The third kappa shape index (κ3) is 7.73. The van der Waals surface area contributed by atoms with Gasteiger partial charge in [-0.2, -0.15) is 0 Å². The minimum atomic E-state index is -0.0660. The molecule has 0 aromatic heterocycles. The summed E-state index contributed by atoms with van der Waals surface area (Å²) in [5.41, 5.74) is 11.3. The van der Waals surface area contributed by atoms with Crippen molar-refractivity contribution < 1.29 is 0 Å². The van der Waals surface area contributed by atoms with Gasteiger partial charge in [-0.25, -0.2) is 0 Å². The Balaban J connectivity index is 0.000000146. The lowest BCUT2D eigenvalue weighted by molar-refractivity contribution is 0.631. The number of hydrogen-bond donors (Lipinski definition) is 1. The standard InChI is InChI=1S/C21H17Br2N.C15H13Br2N.C6H4I/c1-21(2)17-12-14(22)8-10-19(17)24(16-6-4-3-5-7-16)20-11-9-15(23)13-18(20)21;1-15(2)11-7-9(16)3-5-13(11)18-14-6-4-10(17)8-12(14)15;7-6-4-2-1-3-5-6/h3-13H,1-2H3;3-8,18H,1-2H3;2-5H/q;;+1. The zero-order valence-electron chi connectivity index (χ0n) is 27.5. The normalized spacial score (nSPS) is 15.3. The Morgan fingerprint density at radius 1 is 0.592 bits per heavy atom. The van der Waals surface area contributed by atoms with Crippen LogP contribution in [0.5, 0.6) is 0 Å². The van der Waals surface area contributed by atoms with Gasteiger partial charge in [0.2, 0.25) is 0 Å². The summed E-state index contributed by atoms with van der Waals surface area (Å²) in [5, 5.41) is 3.51. The molecule has 0 saturated carbocycles. The van der Waals surface area contributed by atoms with E-state index < -0.39 is 0 Å². The fourth-order valence-corrected chi connectivity index (χ4v) is 8.28. The van der Waals surface area contributed by atoms with Gasteiger partial charge < -0.3 is 10.2 Å². The van der Waals surface area contributed by atoms with E-state index in [4.69, 9.17) is 0 Å². The predicted octanol–water partition coefficient (Wildman–Crippen LogP) is 15.1. The second-order valence-corrected chi connectivity index (χ2v) is 17.9. The van der Waals surface area contributed by atoms with Gasteiger partial charge in [0.25, 0.3) is 0 Å². The first-order chi connectivity index (χ1) is 23.4. The molecule has 0 amide bonds. The minimum Gasteiger partial charge on any atom is -0.355 e. The van der Waals surface area contributed by atoms with Crippen LogP contribution >= 0.6 is 86.3 Å². The van der Waals surface area contributed by atoms with Crippen LogP contribution in [-0.2, 0) is 10.8 Å². The summed E-state index contributed by atoms with van der Waals surface area (Å²) < 4.78 is 5.72. The molecule has 5 aromatic rings. The molecular formula is C42H34Br4IN2+. The van der Waals surface area contributed by atoms with Crippen LogP contribution in [0, 0.1) is 6.08 Å². The zero-order chi connectivity index (χ0) is 34.9. The van der Waals surface area contributed by atoms with E-state index in [-0.39, 0.29) is 10.8 Å². The Labute approximate surface area is 337 Å². The van der Waals surface area contributed by atoms with Crippen LogP contribution < -0.4 is 10.2 Å². The van der Waals surface area contributed by atoms with Crippen molar-refractivity contribution in [3.8, 4) is 0 Å². The van der Waals surface area contributed by atoms with Gasteiger partial charge in [-0.1, -0.05) is 110 Å². The lowest BCUT2D eigenvalue weighted by Gasteiger charge is -2.42. The van der Waals surface area contributed by atoms with Crippen molar-refractivity contribution in [2.24, 2.45) is 0 Å². The third-order valence-corrected chi connectivity index (χ3v) is 11.7. The molecule has 246 valence electrons. The van der Waals surface area contributed by atoms with Crippen molar-refractivity contribution in [2.45, 2.75) is 38.5 Å². The molecule has 5 aromatic carbocycles. The van der Waals surface area contributed by atoms with Crippen LogP contribution in [-0.4, -0.2) is 0 Å². The summed E-state index contributed by atoms with van der Waals surface area (Å²) >= 11 is 16.7. The summed E-state index contributed by atoms with van der Waals surface area (Å²) in [6, 6.07) is 36.5. The van der Waals surface area contributed by atoms with Gasteiger partial charge in [-0.3, -0.25) is 0 Å². The van der Waals surface area contributed by atoms with Crippen molar-refractivity contribution in [3.63, 3.8) is 0 Å². The molecule has 8 rings (SSSR count). The molecule has 0 bridgehead atoms. The minimum absolute atomic E-state index is 0.00345. The molecule has 2 aliphatic heterocycles. The number of rotatable bonds is 1. The number of para-hydroxylation sites is 1. The number of halogens is 5. The molecule has 0 fully saturated rings. The molecule has 49 heavy (non-hydrogen) atoms. The highest BCUT2D eigenvalue weighted by atomic mass is 127. The maximum absolute atomic E-state index is 3.64. The molecule has 0 saturated heterocycles. The highest BCUT2D eigenvalue weighted by Gasteiger charge is 2.37. The fraction of sp³-hybridized carbons (Fsp3) is 0.143. The van der Waals surface area contributed by atoms with E-state index in [1.165, 1.54) is 54.3 Å². The average Bonchev–Trinajstić information content (AvgIpc) is 3.08. The number of benzene rings is 5. The summed E-state index contributed by atoms with van der Waals surface area (Å²) in [6.07, 6.45) is 10.8. The van der Waals surface area contributed by atoms with Gasteiger partial charge in [-0.05, 0) is 130 Å². The summed E-state index contributed by atoms with van der Waals surface area (Å²) in [7, 11) is 0. The third-order valence-electron chi connectivity index (χ3n) is 9.02. The Bertz CT molecular complexity index is 2010. The Hall–Kier alpha value is -2.52. The Kier molecular flexibility index (Phi) is 11.1. The summed E-state index contributed by atoms with van der Waals surface area (Å²) in [6.45, 7) is 9.13. The number of nitrogens with one attached hydrogen (secondary N) is 1. The predicted molar refractivity (Wildman–Crippen MR) is 231 cm³/mol. The maximum atomic E-state index is 3.64. The molecule has 0 radical (unpaired) electrons. The lowest BCUT2D eigenvalue weighted by atomic mass is 9.73. The number of allylic oxidation sites excluding steroid dienone is 6. The van der Waals surface area contributed by atoms with E-state index in [1.807, 2.05) is 24.3 Å². The van der Waals surface area contributed by atoms with Crippen molar-refractivity contribution in [1.29, 1.82) is 0 Å². The second kappa shape index (κ2) is 15.0. The molecular weight excluding hydrogens is 979 g/mol. The topological polar surface area (TPSA) is 15.3 Å². The van der Waals surface area contributed by atoms with Gasteiger partial charge in [0.1, 0.15) is 15.7 Å². The van der Waals surface area contributed by atoms with Gasteiger partial charge in [0, 0.05) is 51.9 Å². The Morgan fingerprint density at radius 2 is 1.04 bits per heavy atom. The molecule has 0 atom stereocenters. The van der Waals surface area contributed by atoms with E-state index in [0.29, 0.717) is 0 Å². The van der Waals surface area contributed by atoms with Crippen molar-refractivity contribution in [2.75, 3.05) is 10.2 Å². The van der Waals surface area contributed by atoms with E-state index in [2.05, 4.69) is 233 Å². The highest BCUT2D eigenvalue weighted by Crippen LogP contribution is 2.53. The van der Waals surface area contributed by atoms with Gasteiger partial charge in [-0.15, -0.1) is 0 Å². The van der Waals surface area contributed by atoms with Crippen molar-refractivity contribution in [1.82, 2.24) is 0 Å². The van der Waals surface area contributed by atoms with Crippen LogP contribution in [0.3, 0.4) is 0 Å². The van der Waals surface area contributed by atoms with Crippen LogP contribution in [0.1, 0.15) is 49.9 Å². The molecule has 1 N–H and O–H groups in total. The maximum Gasteiger partial charge on any atom is 0.122 e. The van der Waals surface area contributed by atoms with Crippen molar-refractivity contribution >= 4 is 115 Å². The molecule has 1 aliphatic carbocycles. The number of anilines is 5. The first-order valence-corrected chi connectivity index (χ1v) is 20.1. The van der Waals surface area contributed by atoms with Crippen LogP contribution in [0.15, 0.2) is 149 Å². The van der Waals surface area contributed by atoms with E-state index in [1.54, 1.807) is 0 Å². The largest absolute Gasteiger partial charge is 0.355 e. The first kappa shape index (κ1) is 36.3. The molecule has 0 unspecified atom stereocenters. The van der Waals surface area contributed by atoms with Gasteiger partial charge in [0.15, 0.2) is 0 Å². The molecule has 3 aliphatic rings. The Morgan fingerprint density at radius 3 is 1.47 bits per heavy atom. The average molecular weight is 1010 g/mol. The monoisotopic (exact) mass is 1010 g/mol. The number of hydrogen-bond acceptors (Lipinski definition) is 2. The van der Waals surface area contributed by atoms with Crippen LogP contribution in [0.4, 0.5) is 28.4 Å². The van der Waals surface area contributed by atoms with Crippen LogP contribution in [0.25, 0.3) is 0 Å². The highest BCUT2D eigenvalue weighted by molar-refractivity contribution is 14.1. The van der Waals surface area contributed by atoms with E-state index in [9.17, 15) is 0 Å². The van der Waals surface area contributed by atoms with Gasteiger partial charge >= 0.3 is 0 Å². The quantitative estimate of drug-likeness (QED) is 0.133. The van der Waals surface area contributed by atoms with E-state index >= 15 is 0 Å². The fourth-order valence-electron chi connectivity index (χ4n) is 6.48. The van der Waals surface area contributed by atoms with E-state index in [0.717, 1.165) is 17.9 Å². The molecule has 0 spiro atoms. The second-order valence-electron chi connectivity index (χ2n) is 13.0. The molecule has 7 heteroatoms. The lowest BCUT2D eigenvalue weighted by Crippen LogP contribution is -2.30. The summed E-state index contributed by atoms with van der Waals surface area (Å²) in [5.74, 6) is 0. The molecule has 2 heterocycles. The zero-order valence-corrected chi connectivity index (χ0v) is 36.0. The first-order valence-electron chi connectivity index (χ1n) is 15.8. The van der Waals surface area contributed by atoms with Crippen LogP contribution in [0.2, 0.25) is 0 Å². The number of nitrogens with zero attached hydrogens (tertiary/aromatic N) is 1. The molecule has 2 nitrogen and oxygen atoms in total. The van der Waals surface area contributed by atoms with Crippen molar-refractivity contribution in [3.05, 3.63) is 177 Å².